The highest BCUT2D eigenvalue weighted by molar-refractivity contribution is 5.95. The highest BCUT2D eigenvalue weighted by Gasteiger charge is 2.22. The van der Waals surface area contributed by atoms with Crippen LogP contribution in [0.25, 0.3) is 0 Å². The molecular weight excluding hydrogens is 318 g/mol. The SMILES string of the molecule is CCCCCCCCCCC[C@H](C)c1ccccc1NC(=O)C(C)(C)C. The van der Waals surface area contributed by atoms with Crippen LogP contribution in [0.2, 0.25) is 0 Å². The maximum atomic E-state index is 12.3. The molecule has 0 aromatic heterocycles. The smallest absolute Gasteiger partial charge is 0.229 e. The monoisotopic (exact) mass is 359 g/mol. The van der Waals surface area contributed by atoms with E-state index in [1.54, 1.807) is 0 Å². The summed E-state index contributed by atoms with van der Waals surface area (Å²) in [6, 6.07) is 8.28. The standard InChI is InChI=1S/C24H41NO/c1-6-7-8-9-10-11-12-13-14-17-20(2)21-18-15-16-19-22(21)25-23(26)24(3,4)5/h15-16,18-20H,6-14,17H2,1-5H3,(H,25,26)/t20-/m0/s1. The number of benzene rings is 1. The quantitative estimate of drug-likeness (QED) is 0.381. The van der Waals surface area contributed by atoms with Gasteiger partial charge in [-0.1, -0.05) is 111 Å². The minimum atomic E-state index is -0.368. The molecule has 1 aromatic rings. The molecule has 0 aliphatic rings. The Kier molecular flexibility index (Phi) is 10.6. The molecule has 0 bridgehead atoms. The van der Waals surface area contributed by atoms with Crippen LogP contribution in [-0.4, -0.2) is 5.91 Å². The molecule has 2 heteroatoms. The maximum Gasteiger partial charge on any atom is 0.229 e. The summed E-state index contributed by atoms with van der Waals surface area (Å²) < 4.78 is 0. The van der Waals surface area contributed by atoms with Gasteiger partial charge in [-0.3, -0.25) is 4.79 Å². The van der Waals surface area contributed by atoms with Crippen LogP contribution in [0.3, 0.4) is 0 Å². The summed E-state index contributed by atoms with van der Waals surface area (Å²) in [5, 5.41) is 3.13. The Hall–Kier alpha value is -1.31. The number of unbranched alkanes of at least 4 members (excludes halogenated alkanes) is 8. The Balaban J connectivity index is 2.36. The van der Waals surface area contributed by atoms with Crippen molar-refractivity contribution in [2.75, 3.05) is 5.32 Å². The number of carbonyl (C=O) groups excluding carboxylic acids is 1. The van der Waals surface area contributed by atoms with E-state index in [2.05, 4.69) is 31.3 Å². The van der Waals surface area contributed by atoms with Crippen LogP contribution >= 0.6 is 0 Å². The first-order valence-corrected chi connectivity index (χ1v) is 10.8. The molecule has 0 heterocycles. The summed E-state index contributed by atoms with van der Waals surface area (Å²) in [6.45, 7) is 10.4. The molecule has 0 spiro atoms. The van der Waals surface area contributed by atoms with Crippen LogP contribution in [0, 0.1) is 5.41 Å². The number of amides is 1. The van der Waals surface area contributed by atoms with Gasteiger partial charge in [0.2, 0.25) is 5.91 Å². The van der Waals surface area contributed by atoms with Crippen LogP contribution in [0.15, 0.2) is 24.3 Å². The molecule has 2 nitrogen and oxygen atoms in total. The van der Waals surface area contributed by atoms with Gasteiger partial charge in [-0.15, -0.1) is 0 Å². The second kappa shape index (κ2) is 12.1. The van der Waals surface area contributed by atoms with E-state index in [9.17, 15) is 4.79 Å². The van der Waals surface area contributed by atoms with Gasteiger partial charge in [0.1, 0.15) is 0 Å². The molecule has 0 aliphatic heterocycles. The van der Waals surface area contributed by atoms with Gasteiger partial charge in [-0.05, 0) is 24.0 Å². The lowest BCUT2D eigenvalue weighted by atomic mass is 9.92. The van der Waals surface area contributed by atoms with E-state index in [-0.39, 0.29) is 11.3 Å². The van der Waals surface area contributed by atoms with Crippen molar-refractivity contribution in [1.29, 1.82) is 0 Å². The zero-order valence-electron chi connectivity index (χ0n) is 17.9. The van der Waals surface area contributed by atoms with Crippen molar-refractivity contribution < 1.29 is 4.79 Å². The molecule has 1 N–H and O–H groups in total. The molecule has 1 rings (SSSR count). The predicted octanol–water partition coefficient (Wildman–Crippen LogP) is 7.70. The Morgan fingerprint density at radius 3 is 2.04 bits per heavy atom. The van der Waals surface area contributed by atoms with E-state index in [1.807, 2.05) is 32.9 Å². The summed E-state index contributed by atoms with van der Waals surface area (Å²) in [5.74, 6) is 0.566. The minimum Gasteiger partial charge on any atom is -0.325 e. The van der Waals surface area contributed by atoms with Crippen LogP contribution in [0.1, 0.15) is 110 Å². The van der Waals surface area contributed by atoms with Crippen LogP contribution in [0.5, 0.6) is 0 Å². The lowest BCUT2D eigenvalue weighted by Crippen LogP contribution is -2.28. The van der Waals surface area contributed by atoms with E-state index in [0.29, 0.717) is 5.92 Å². The summed E-state index contributed by atoms with van der Waals surface area (Å²) in [5.41, 5.74) is 1.88. The number of nitrogens with one attached hydrogen (secondary N) is 1. The molecule has 0 fully saturated rings. The summed E-state index contributed by atoms with van der Waals surface area (Å²) >= 11 is 0. The average Bonchev–Trinajstić information content (AvgIpc) is 2.59. The molecule has 0 saturated heterocycles. The summed E-state index contributed by atoms with van der Waals surface area (Å²) in [7, 11) is 0. The van der Waals surface area contributed by atoms with Crippen molar-refractivity contribution in [2.45, 2.75) is 105 Å². The predicted molar refractivity (Wildman–Crippen MR) is 115 cm³/mol. The molecule has 0 radical (unpaired) electrons. The normalized spacial score (nSPS) is 12.8. The van der Waals surface area contributed by atoms with Crippen LogP contribution in [-0.2, 0) is 4.79 Å². The lowest BCUT2D eigenvalue weighted by molar-refractivity contribution is -0.123. The van der Waals surface area contributed by atoms with Crippen molar-refractivity contribution >= 4 is 11.6 Å². The first kappa shape index (κ1) is 22.7. The van der Waals surface area contributed by atoms with Crippen LogP contribution < -0.4 is 5.32 Å². The van der Waals surface area contributed by atoms with E-state index < -0.39 is 0 Å². The zero-order valence-corrected chi connectivity index (χ0v) is 17.9. The van der Waals surface area contributed by atoms with Gasteiger partial charge >= 0.3 is 0 Å². The van der Waals surface area contributed by atoms with Gasteiger partial charge in [-0.2, -0.15) is 0 Å². The molecule has 1 amide bonds. The minimum absolute atomic E-state index is 0.0835. The molecule has 1 atom stereocenters. The third-order valence-corrected chi connectivity index (χ3v) is 5.16. The van der Waals surface area contributed by atoms with Crippen LogP contribution in [0.4, 0.5) is 5.69 Å². The van der Waals surface area contributed by atoms with Gasteiger partial charge in [-0.25, -0.2) is 0 Å². The Morgan fingerprint density at radius 1 is 0.923 bits per heavy atom. The van der Waals surface area contributed by atoms with Gasteiger partial charge < -0.3 is 5.32 Å². The average molecular weight is 360 g/mol. The second-order valence-electron chi connectivity index (χ2n) is 8.81. The summed E-state index contributed by atoms with van der Waals surface area (Å²) in [6.07, 6.45) is 13.5. The molecular formula is C24H41NO. The Labute approximate surface area is 162 Å². The third kappa shape index (κ3) is 8.87. The first-order valence-electron chi connectivity index (χ1n) is 10.8. The van der Waals surface area contributed by atoms with E-state index in [0.717, 1.165) is 5.69 Å². The van der Waals surface area contributed by atoms with Gasteiger partial charge in [0, 0.05) is 11.1 Å². The van der Waals surface area contributed by atoms with E-state index >= 15 is 0 Å². The Morgan fingerprint density at radius 2 is 1.46 bits per heavy atom. The summed E-state index contributed by atoms with van der Waals surface area (Å²) in [4.78, 5) is 12.3. The number of anilines is 1. The molecule has 0 unspecified atom stereocenters. The number of hydrogen-bond donors (Lipinski definition) is 1. The van der Waals surface area contributed by atoms with Crippen molar-refractivity contribution in [3.63, 3.8) is 0 Å². The van der Waals surface area contributed by atoms with Gasteiger partial charge in [0.25, 0.3) is 0 Å². The second-order valence-corrected chi connectivity index (χ2v) is 8.81. The lowest BCUT2D eigenvalue weighted by Gasteiger charge is -2.21. The molecule has 0 aliphatic carbocycles. The number of hydrogen-bond acceptors (Lipinski definition) is 1. The zero-order chi connectivity index (χ0) is 19.4. The van der Waals surface area contributed by atoms with Gasteiger partial charge in [0.05, 0.1) is 0 Å². The largest absolute Gasteiger partial charge is 0.325 e. The highest BCUT2D eigenvalue weighted by atomic mass is 16.2. The fourth-order valence-electron chi connectivity index (χ4n) is 3.27. The Bertz CT molecular complexity index is 515. The van der Waals surface area contributed by atoms with E-state index in [1.165, 1.54) is 69.8 Å². The fourth-order valence-corrected chi connectivity index (χ4v) is 3.27. The molecule has 1 aromatic carbocycles. The van der Waals surface area contributed by atoms with Crippen molar-refractivity contribution in [2.24, 2.45) is 5.41 Å². The fraction of sp³-hybridized carbons (Fsp3) is 0.708. The number of rotatable bonds is 12. The number of para-hydroxylation sites is 1. The number of carbonyl (C=O) groups is 1. The topological polar surface area (TPSA) is 29.1 Å². The third-order valence-electron chi connectivity index (χ3n) is 5.16. The van der Waals surface area contributed by atoms with E-state index in [4.69, 9.17) is 0 Å². The molecule has 148 valence electrons. The highest BCUT2D eigenvalue weighted by Crippen LogP contribution is 2.30. The molecule has 0 saturated carbocycles. The van der Waals surface area contributed by atoms with Crippen molar-refractivity contribution in [1.82, 2.24) is 0 Å². The molecule has 26 heavy (non-hydrogen) atoms. The first-order chi connectivity index (χ1) is 12.4. The van der Waals surface area contributed by atoms with Crippen molar-refractivity contribution in [3.8, 4) is 0 Å². The van der Waals surface area contributed by atoms with Gasteiger partial charge in [0.15, 0.2) is 0 Å². The van der Waals surface area contributed by atoms with Crippen molar-refractivity contribution in [3.05, 3.63) is 29.8 Å². The maximum absolute atomic E-state index is 12.3.